The molecule has 0 aliphatic heterocycles. The Morgan fingerprint density at radius 3 is 2.45 bits per heavy atom. The molecule has 1 amide bonds. The lowest BCUT2D eigenvalue weighted by atomic mass is 10.1. The van der Waals surface area contributed by atoms with Crippen LogP contribution in [0.1, 0.15) is 54.6 Å². The van der Waals surface area contributed by atoms with Crippen molar-refractivity contribution in [2.24, 2.45) is 0 Å². The standard InChI is InChI=1S/C22H30N4O3/c1-28-19-10-9-16(13-20(19)29-2)11-12-23-21-15-24-18(14-25-21)22(27)26-17-7-5-3-4-6-8-17/h9-10,13-15,17H,3-8,11-12H2,1-2H3,(H,23,25)(H,26,27). The molecule has 0 bridgehead atoms. The molecule has 29 heavy (non-hydrogen) atoms. The number of nitrogens with one attached hydrogen (secondary N) is 2. The fourth-order valence-electron chi connectivity index (χ4n) is 3.59. The zero-order valence-corrected chi connectivity index (χ0v) is 17.2. The summed E-state index contributed by atoms with van der Waals surface area (Å²) in [4.78, 5) is 21.0. The van der Waals surface area contributed by atoms with Crippen molar-refractivity contribution in [1.82, 2.24) is 15.3 Å². The number of carbonyl (C=O) groups excluding carboxylic acids is 1. The largest absolute Gasteiger partial charge is 0.493 e. The van der Waals surface area contributed by atoms with Crippen molar-refractivity contribution in [1.29, 1.82) is 0 Å². The number of carbonyl (C=O) groups is 1. The minimum Gasteiger partial charge on any atom is -0.493 e. The quantitative estimate of drug-likeness (QED) is 0.661. The molecular weight excluding hydrogens is 368 g/mol. The Bertz CT molecular complexity index is 787. The van der Waals surface area contributed by atoms with Crippen LogP contribution < -0.4 is 20.1 Å². The average molecular weight is 399 g/mol. The summed E-state index contributed by atoms with van der Waals surface area (Å²) in [5.41, 5.74) is 1.49. The molecule has 2 N–H and O–H groups in total. The van der Waals surface area contributed by atoms with E-state index in [0.29, 0.717) is 29.6 Å². The van der Waals surface area contributed by atoms with Crippen molar-refractivity contribution in [3.05, 3.63) is 41.9 Å². The van der Waals surface area contributed by atoms with Gasteiger partial charge in [-0.3, -0.25) is 4.79 Å². The minimum absolute atomic E-state index is 0.138. The van der Waals surface area contributed by atoms with Crippen LogP contribution >= 0.6 is 0 Å². The molecule has 0 unspecified atom stereocenters. The van der Waals surface area contributed by atoms with E-state index in [4.69, 9.17) is 9.47 Å². The lowest BCUT2D eigenvalue weighted by Gasteiger charge is -2.15. The molecular formula is C22H30N4O3. The third-order valence-electron chi connectivity index (χ3n) is 5.24. The number of nitrogens with zero attached hydrogens (tertiary/aromatic N) is 2. The number of rotatable bonds is 8. The molecule has 1 saturated carbocycles. The SMILES string of the molecule is COc1ccc(CCNc2cnc(C(=O)NC3CCCCCC3)cn2)cc1OC. The van der Waals surface area contributed by atoms with E-state index < -0.39 is 0 Å². The molecule has 0 spiro atoms. The molecule has 1 fully saturated rings. The van der Waals surface area contributed by atoms with E-state index >= 15 is 0 Å². The number of methoxy groups -OCH3 is 2. The van der Waals surface area contributed by atoms with Gasteiger partial charge in [0.1, 0.15) is 11.5 Å². The van der Waals surface area contributed by atoms with Gasteiger partial charge in [0, 0.05) is 12.6 Å². The fraction of sp³-hybridized carbons (Fsp3) is 0.500. The van der Waals surface area contributed by atoms with Crippen LogP contribution in [0.3, 0.4) is 0 Å². The fourth-order valence-corrected chi connectivity index (χ4v) is 3.59. The highest BCUT2D eigenvalue weighted by atomic mass is 16.5. The van der Waals surface area contributed by atoms with Gasteiger partial charge in [-0.25, -0.2) is 9.97 Å². The topological polar surface area (TPSA) is 85.4 Å². The Morgan fingerprint density at radius 2 is 1.79 bits per heavy atom. The molecule has 2 aromatic rings. The van der Waals surface area contributed by atoms with E-state index in [2.05, 4.69) is 20.6 Å². The number of ether oxygens (including phenoxy) is 2. The average Bonchev–Trinajstić information content (AvgIpc) is 3.02. The van der Waals surface area contributed by atoms with Crippen LogP contribution in [0, 0.1) is 0 Å². The Kier molecular flexibility index (Phi) is 7.67. The molecule has 156 valence electrons. The first-order valence-corrected chi connectivity index (χ1v) is 10.3. The van der Waals surface area contributed by atoms with Gasteiger partial charge in [0.2, 0.25) is 0 Å². The summed E-state index contributed by atoms with van der Waals surface area (Å²) in [7, 11) is 3.25. The molecule has 7 heteroatoms. The van der Waals surface area contributed by atoms with Gasteiger partial charge < -0.3 is 20.1 Å². The number of aromatic nitrogens is 2. The van der Waals surface area contributed by atoms with Crippen LogP contribution in [-0.4, -0.2) is 42.7 Å². The predicted octanol–water partition coefficient (Wildman–Crippen LogP) is 3.60. The maximum absolute atomic E-state index is 12.4. The van der Waals surface area contributed by atoms with Gasteiger partial charge in [-0.2, -0.15) is 0 Å². The lowest BCUT2D eigenvalue weighted by molar-refractivity contribution is 0.0928. The molecule has 1 aromatic carbocycles. The van der Waals surface area contributed by atoms with Crippen molar-refractivity contribution in [3.63, 3.8) is 0 Å². The zero-order valence-electron chi connectivity index (χ0n) is 17.2. The highest BCUT2D eigenvalue weighted by Crippen LogP contribution is 2.27. The summed E-state index contributed by atoms with van der Waals surface area (Å²) < 4.78 is 10.6. The summed E-state index contributed by atoms with van der Waals surface area (Å²) in [5.74, 6) is 1.94. The Morgan fingerprint density at radius 1 is 1.03 bits per heavy atom. The highest BCUT2D eigenvalue weighted by molar-refractivity contribution is 5.92. The van der Waals surface area contributed by atoms with E-state index in [1.165, 1.54) is 31.9 Å². The molecule has 0 saturated heterocycles. The Labute approximate surface area is 172 Å². The van der Waals surface area contributed by atoms with E-state index in [1.807, 2.05) is 18.2 Å². The van der Waals surface area contributed by atoms with Crippen LogP contribution in [-0.2, 0) is 6.42 Å². The highest BCUT2D eigenvalue weighted by Gasteiger charge is 2.16. The number of hydrogen-bond acceptors (Lipinski definition) is 6. The first-order chi connectivity index (χ1) is 14.2. The summed E-state index contributed by atoms with van der Waals surface area (Å²) in [6, 6.07) is 6.13. The second kappa shape index (κ2) is 10.6. The van der Waals surface area contributed by atoms with Crippen LogP contribution in [0.4, 0.5) is 5.82 Å². The Balaban J connectivity index is 1.48. The van der Waals surface area contributed by atoms with Gasteiger partial charge in [0.25, 0.3) is 5.91 Å². The minimum atomic E-state index is -0.138. The summed E-state index contributed by atoms with van der Waals surface area (Å²) in [6.07, 6.45) is 10.9. The molecule has 0 atom stereocenters. The summed E-state index contributed by atoms with van der Waals surface area (Å²) in [5, 5.41) is 6.33. The van der Waals surface area contributed by atoms with Crippen molar-refractivity contribution in [3.8, 4) is 11.5 Å². The van der Waals surface area contributed by atoms with Gasteiger partial charge in [0.05, 0.1) is 26.6 Å². The first kappa shape index (κ1) is 20.9. The van der Waals surface area contributed by atoms with E-state index in [-0.39, 0.29) is 11.9 Å². The number of amides is 1. The van der Waals surface area contributed by atoms with Crippen molar-refractivity contribution in [2.75, 3.05) is 26.1 Å². The van der Waals surface area contributed by atoms with E-state index in [0.717, 1.165) is 24.8 Å². The number of benzene rings is 1. The van der Waals surface area contributed by atoms with E-state index in [1.54, 1.807) is 20.4 Å². The van der Waals surface area contributed by atoms with Crippen molar-refractivity contribution in [2.45, 2.75) is 51.0 Å². The lowest BCUT2D eigenvalue weighted by Crippen LogP contribution is -2.35. The molecule has 1 aliphatic rings. The Hall–Kier alpha value is -2.83. The van der Waals surface area contributed by atoms with Gasteiger partial charge in [-0.15, -0.1) is 0 Å². The van der Waals surface area contributed by atoms with Gasteiger partial charge in [-0.05, 0) is 37.0 Å². The number of hydrogen-bond donors (Lipinski definition) is 2. The van der Waals surface area contributed by atoms with Crippen molar-refractivity contribution >= 4 is 11.7 Å². The van der Waals surface area contributed by atoms with E-state index in [9.17, 15) is 4.79 Å². The second-order valence-corrected chi connectivity index (χ2v) is 7.31. The first-order valence-electron chi connectivity index (χ1n) is 10.3. The molecule has 1 aromatic heterocycles. The van der Waals surface area contributed by atoms with Gasteiger partial charge >= 0.3 is 0 Å². The maximum Gasteiger partial charge on any atom is 0.271 e. The predicted molar refractivity (Wildman–Crippen MR) is 113 cm³/mol. The molecule has 1 aliphatic carbocycles. The molecule has 3 rings (SSSR count). The molecule has 0 radical (unpaired) electrons. The zero-order chi connectivity index (χ0) is 20.5. The second-order valence-electron chi connectivity index (χ2n) is 7.31. The van der Waals surface area contributed by atoms with Crippen molar-refractivity contribution < 1.29 is 14.3 Å². The monoisotopic (exact) mass is 398 g/mol. The summed E-state index contributed by atoms with van der Waals surface area (Å²) >= 11 is 0. The number of anilines is 1. The van der Waals surface area contributed by atoms with Crippen LogP contribution in [0.15, 0.2) is 30.6 Å². The molecule has 1 heterocycles. The van der Waals surface area contributed by atoms with Crippen LogP contribution in [0.2, 0.25) is 0 Å². The third kappa shape index (κ3) is 6.07. The van der Waals surface area contributed by atoms with Gasteiger partial charge in [0.15, 0.2) is 11.5 Å². The van der Waals surface area contributed by atoms with Gasteiger partial charge in [-0.1, -0.05) is 31.7 Å². The smallest absolute Gasteiger partial charge is 0.271 e. The summed E-state index contributed by atoms with van der Waals surface area (Å²) in [6.45, 7) is 0.692. The maximum atomic E-state index is 12.4. The van der Waals surface area contributed by atoms with Crippen LogP contribution in [0.5, 0.6) is 11.5 Å². The third-order valence-corrected chi connectivity index (χ3v) is 5.24. The normalized spacial score (nSPS) is 14.7. The van der Waals surface area contributed by atoms with Crippen LogP contribution in [0.25, 0.3) is 0 Å². The molecule has 7 nitrogen and oxygen atoms in total.